The van der Waals surface area contributed by atoms with E-state index in [0.717, 1.165) is 12.8 Å². The number of hydrogen-bond donors (Lipinski definition) is 0. The molecule has 4 nitrogen and oxygen atoms in total. The van der Waals surface area contributed by atoms with Gasteiger partial charge in [0.15, 0.2) is 0 Å². The average Bonchev–Trinajstić information content (AvgIpc) is 2.34. The standard InChI is InChI=1S/C14H24O4/c1-5-8-12(10-17-13(15)9-6-2)14(16)18-11(4)7-3/h8,11H,5-7,9-10H2,1-4H3. The smallest absolute Gasteiger partial charge is 0.337 e. The van der Waals surface area contributed by atoms with Gasteiger partial charge in [0.1, 0.15) is 6.61 Å². The average molecular weight is 256 g/mol. The third-order valence-electron chi connectivity index (χ3n) is 2.44. The van der Waals surface area contributed by atoms with Gasteiger partial charge in [-0.25, -0.2) is 4.79 Å². The highest BCUT2D eigenvalue weighted by atomic mass is 16.6. The second-order valence-corrected chi connectivity index (χ2v) is 4.17. The molecule has 0 spiro atoms. The van der Waals surface area contributed by atoms with Crippen molar-refractivity contribution in [3.63, 3.8) is 0 Å². The molecule has 104 valence electrons. The Hall–Kier alpha value is -1.32. The van der Waals surface area contributed by atoms with Crippen molar-refractivity contribution in [1.29, 1.82) is 0 Å². The van der Waals surface area contributed by atoms with Crippen LogP contribution in [0.4, 0.5) is 0 Å². The molecule has 0 saturated heterocycles. The Morgan fingerprint density at radius 3 is 2.39 bits per heavy atom. The largest absolute Gasteiger partial charge is 0.461 e. The number of carbonyl (C=O) groups excluding carboxylic acids is 2. The molecule has 1 atom stereocenters. The maximum atomic E-state index is 11.8. The zero-order chi connectivity index (χ0) is 14.0. The fourth-order valence-electron chi connectivity index (χ4n) is 1.22. The monoisotopic (exact) mass is 256 g/mol. The number of esters is 2. The first-order valence-corrected chi connectivity index (χ1v) is 6.60. The van der Waals surface area contributed by atoms with Crippen LogP contribution in [-0.2, 0) is 19.1 Å². The highest BCUT2D eigenvalue weighted by molar-refractivity contribution is 5.89. The van der Waals surface area contributed by atoms with Gasteiger partial charge in [-0.3, -0.25) is 4.79 Å². The predicted molar refractivity (Wildman–Crippen MR) is 70.1 cm³/mol. The van der Waals surface area contributed by atoms with E-state index in [4.69, 9.17) is 9.47 Å². The zero-order valence-corrected chi connectivity index (χ0v) is 11.8. The van der Waals surface area contributed by atoms with Gasteiger partial charge < -0.3 is 9.47 Å². The third kappa shape index (κ3) is 7.09. The second kappa shape index (κ2) is 9.68. The van der Waals surface area contributed by atoms with Crippen molar-refractivity contribution in [1.82, 2.24) is 0 Å². The summed E-state index contributed by atoms with van der Waals surface area (Å²) in [6.07, 6.45) is 4.20. The maximum absolute atomic E-state index is 11.8. The molecular weight excluding hydrogens is 232 g/mol. The molecule has 0 fully saturated rings. The predicted octanol–water partition coefficient (Wildman–Crippen LogP) is 3.01. The Labute approximate surface area is 109 Å². The molecule has 0 aromatic heterocycles. The van der Waals surface area contributed by atoms with Gasteiger partial charge in [-0.15, -0.1) is 0 Å². The van der Waals surface area contributed by atoms with Crippen molar-refractivity contribution >= 4 is 11.9 Å². The normalized spacial score (nSPS) is 13.0. The van der Waals surface area contributed by atoms with Crippen molar-refractivity contribution in [3.8, 4) is 0 Å². The lowest BCUT2D eigenvalue weighted by Gasteiger charge is -2.13. The van der Waals surface area contributed by atoms with Crippen LogP contribution in [0, 0.1) is 0 Å². The van der Waals surface area contributed by atoms with E-state index in [-0.39, 0.29) is 18.7 Å². The van der Waals surface area contributed by atoms with E-state index in [1.807, 2.05) is 27.7 Å². The van der Waals surface area contributed by atoms with Crippen LogP contribution in [0.1, 0.15) is 53.4 Å². The first-order chi connectivity index (χ1) is 8.54. The van der Waals surface area contributed by atoms with Crippen molar-refractivity contribution in [3.05, 3.63) is 11.6 Å². The Morgan fingerprint density at radius 1 is 1.22 bits per heavy atom. The van der Waals surface area contributed by atoms with Crippen molar-refractivity contribution in [2.45, 2.75) is 59.5 Å². The molecule has 0 heterocycles. The number of ether oxygens (including phenoxy) is 2. The Balaban J connectivity index is 4.35. The SMILES string of the molecule is CCC=C(COC(=O)CCC)C(=O)OC(C)CC. The molecule has 0 aromatic carbocycles. The van der Waals surface area contributed by atoms with Gasteiger partial charge in [-0.1, -0.05) is 26.8 Å². The van der Waals surface area contributed by atoms with Gasteiger partial charge in [-0.2, -0.15) is 0 Å². The van der Waals surface area contributed by atoms with E-state index in [0.29, 0.717) is 18.4 Å². The first kappa shape index (κ1) is 16.7. The Morgan fingerprint density at radius 2 is 1.89 bits per heavy atom. The summed E-state index contributed by atoms with van der Waals surface area (Å²) in [5.41, 5.74) is 0.419. The van der Waals surface area contributed by atoms with Gasteiger partial charge >= 0.3 is 11.9 Å². The quantitative estimate of drug-likeness (QED) is 0.495. The van der Waals surface area contributed by atoms with Gasteiger partial charge in [0.25, 0.3) is 0 Å². The van der Waals surface area contributed by atoms with Crippen LogP contribution in [0.5, 0.6) is 0 Å². The van der Waals surface area contributed by atoms with Gasteiger partial charge in [0, 0.05) is 6.42 Å². The molecule has 0 amide bonds. The lowest BCUT2D eigenvalue weighted by atomic mass is 10.2. The van der Waals surface area contributed by atoms with Gasteiger partial charge in [-0.05, 0) is 26.2 Å². The molecule has 18 heavy (non-hydrogen) atoms. The fourth-order valence-corrected chi connectivity index (χ4v) is 1.22. The topological polar surface area (TPSA) is 52.6 Å². The van der Waals surface area contributed by atoms with E-state index < -0.39 is 5.97 Å². The number of carbonyl (C=O) groups is 2. The molecule has 4 heteroatoms. The van der Waals surface area contributed by atoms with Crippen LogP contribution in [0.15, 0.2) is 11.6 Å². The first-order valence-electron chi connectivity index (χ1n) is 6.60. The molecule has 0 aliphatic rings. The second-order valence-electron chi connectivity index (χ2n) is 4.17. The Kier molecular flexibility index (Phi) is 8.97. The van der Waals surface area contributed by atoms with Crippen molar-refractivity contribution in [2.24, 2.45) is 0 Å². The molecule has 0 aliphatic heterocycles. The van der Waals surface area contributed by atoms with Gasteiger partial charge in [0.2, 0.25) is 0 Å². The molecule has 0 bridgehead atoms. The maximum Gasteiger partial charge on any atom is 0.337 e. The summed E-state index contributed by atoms with van der Waals surface area (Å²) in [5, 5.41) is 0. The lowest BCUT2D eigenvalue weighted by molar-refractivity contribution is -0.147. The van der Waals surface area contributed by atoms with Crippen LogP contribution in [0.2, 0.25) is 0 Å². The van der Waals surface area contributed by atoms with Crippen LogP contribution < -0.4 is 0 Å². The summed E-state index contributed by atoms with van der Waals surface area (Å²) < 4.78 is 10.2. The number of hydrogen-bond acceptors (Lipinski definition) is 4. The van der Waals surface area contributed by atoms with E-state index in [9.17, 15) is 9.59 Å². The minimum absolute atomic E-state index is 0.00193. The number of rotatable bonds is 8. The van der Waals surface area contributed by atoms with Crippen LogP contribution >= 0.6 is 0 Å². The Bertz CT molecular complexity index is 294. The van der Waals surface area contributed by atoms with Crippen molar-refractivity contribution < 1.29 is 19.1 Å². The zero-order valence-electron chi connectivity index (χ0n) is 11.8. The van der Waals surface area contributed by atoms with Gasteiger partial charge in [0.05, 0.1) is 11.7 Å². The summed E-state index contributed by atoms with van der Waals surface area (Å²) >= 11 is 0. The molecular formula is C14H24O4. The highest BCUT2D eigenvalue weighted by Gasteiger charge is 2.15. The molecule has 0 saturated carbocycles. The van der Waals surface area contributed by atoms with Crippen LogP contribution in [-0.4, -0.2) is 24.6 Å². The summed E-state index contributed by atoms with van der Waals surface area (Å²) in [7, 11) is 0. The molecule has 0 aromatic rings. The highest BCUT2D eigenvalue weighted by Crippen LogP contribution is 2.07. The summed E-state index contributed by atoms with van der Waals surface area (Å²) in [6.45, 7) is 7.61. The molecule has 0 aliphatic carbocycles. The minimum atomic E-state index is -0.393. The number of allylic oxidation sites excluding steroid dienone is 1. The van der Waals surface area contributed by atoms with E-state index in [2.05, 4.69) is 0 Å². The molecule has 0 radical (unpaired) electrons. The molecule has 0 rings (SSSR count). The van der Waals surface area contributed by atoms with Crippen LogP contribution in [0.25, 0.3) is 0 Å². The molecule has 1 unspecified atom stereocenters. The lowest BCUT2D eigenvalue weighted by Crippen LogP contribution is -2.19. The summed E-state index contributed by atoms with van der Waals surface area (Å²) in [6, 6.07) is 0. The summed E-state index contributed by atoms with van der Waals surface area (Å²) in [4.78, 5) is 23.0. The van der Waals surface area contributed by atoms with E-state index in [1.165, 1.54) is 0 Å². The minimum Gasteiger partial charge on any atom is -0.461 e. The third-order valence-corrected chi connectivity index (χ3v) is 2.44. The molecule has 0 N–H and O–H groups in total. The summed E-state index contributed by atoms with van der Waals surface area (Å²) in [5.74, 6) is -0.675. The fraction of sp³-hybridized carbons (Fsp3) is 0.714. The van der Waals surface area contributed by atoms with Crippen LogP contribution in [0.3, 0.4) is 0 Å². The van der Waals surface area contributed by atoms with E-state index >= 15 is 0 Å². The van der Waals surface area contributed by atoms with Crippen molar-refractivity contribution in [2.75, 3.05) is 6.61 Å². The van der Waals surface area contributed by atoms with E-state index in [1.54, 1.807) is 6.08 Å².